The summed E-state index contributed by atoms with van der Waals surface area (Å²) in [6.07, 6.45) is 8.77. The van der Waals surface area contributed by atoms with E-state index in [1.165, 1.54) is 28.7 Å². The quantitative estimate of drug-likeness (QED) is 0.334. The summed E-state index contributed by atoms with van der Waals surface area (Å²) in [7, 11) is 0. The van der Waals surface area contributed by atoms with Gasteiger partial charge in [-0.2, -0.15) is 0 Å². The molecular weight excluding hydrogens is 399 g/mol. The van der Waals surface area contributed by atoms with Crippen LogP contribution >= 0.6 is 0 Å². The first kappa shape index (κ1) is 24.5. The van der Waals surface area contributed by atoms with Crippen LogP contribution in [0.15, 0.2) is 48.5 Å². The van der Waals surface area contributed by atoms with E-state index in [1.54, 1.807) is 0 Å². The molecule has 0 aliphatic heterocycles. The van der Waals surface area contributed by atoms with Gasteiger partial charge in [0.05, 0.1) is 0 Å². The normalized spacial score (nSPS) is 19.5. The molecule has 3 heteroatoms. The molecule has 2 aromatic rings. The third-order valence-electron chi connectivity index (χ3n) is 6.76. The van der Waals surface area contributed by atoms with E-state index in [-0.39, 0.29) is 12.5 Å². The van der Waals surface area contributed by atoms with Crippen molar-refractivity contribution in [3.8, 4) is 11.1 Å². The van der Waals surface area contributed by atoms with Crippen LogP contribution in [0.4, 0.5) is 4.39 Å². The Morgan fingerprint density at radius 2 is 1.44 bits per heavy atom. The standard InChI is InChI=1S/C29H39FO2/c1-3-5-7-28(30)29(31)32-27-20-14-24(15-21-27)9-8-23-12-18-26(19-13-23)25-16-10-22(6-4-2)11-17-25/h10-13,16-19,24,27-28H,3-9,14-15,20-21H2,1-2H3/t24-,27-,28-/m0/s1. The highest BCUT2D eigenvalue weighted by molar-refractivity contribution is 5.74. The third-order valence-corrected chi connectivity index (χ3v) is 6.76. The van der Waals surface area contributed by atoms with Crippen LogP contribution in [0.25, 0.3) is 11.1 Å². The van der Waals surface area contributed by atoms with Crippen LogP contribution in [0.2, 0.25) is 0 Å². The van der Waals surface area contributed by atoms with Gasteiger partial charge in [0.25, 0.3) is 0 Å². The number of aryl methyl sites for hydroxylation is 2. The number of carbonyl (C=O) groups is 1. The minimum absolute atomic E-state index is 0.0957. The van der Waals surface area contributed by atoms with Gasteiger partial charge >= 0.3 is 5.97 Å². The maximum atomic E-state index is 13.8. The highest BCUT2D eigenvalue weighted by Gasteiger charge is 2.27. The molecule has 0 saturated heterocycles. The predicted molar refractivity (Wildman–Crippen MR) is 130 cm³/mol. The van der Waals surface area contributed by atoms with E-state index in [4.69, 9.17) is 4.74 Å². The lowest BCUT2D eigenvalue weighted by atomic mass is 9.83. The van der Waals surface area contributed by atoms with Crippen molar-refractivity contribution in [2.45, 2.75) is 96.8 Å². The number of esters is 1. The number of hydrogen-bond acceptors (Lipinski definition) is 2. The lowest BCUT2D eigenvalue weighted by Crippen LogP contribution is -2.29. The molecule has 0 N–H and O–H groups in total. The highest BCUT2D eigenvalue weighted by Crippen LogP contribution is 2.30. The average molecular weight is 439 g/mol. The smallest absolute Gasteiger partial charge is 0.340 e. The van der Waals surface area contributed by atoms with E-state index in [2.05, 4.69) is 55.5 Å². The molecule has 0 heterocycles. The summed E-state index contributed by atoms with van der Waals surface area (Å²) in [5.74, 6) is 0.0130. The van der Waals surface area contributed by atoms with Gasteiger partial charge in [0.1, 0.15) is 6.10 Å². The molecule has 0 spiro atoms. The molecule has 1 saturated carbocycles. The minimum Gasteiger partial charge on any atom is -0.460 e. The highest BCUT2D eigenvalue weighted by atomic mass is 19.1. The Kier molecular flexibility index (Phi) is 9.77. The molecular formula is C29H39FO2. The second kappa shape index (κ2) is 12.8. The van der Waals surface area contributed by atoms with Crippen LogP contribution in [0.3, 0.4) is 0 Å². The second-order valence-electron chi connectivity index (χ2n) is 9.37. The molecule has 174 valence electrons. The van der Waals surface area contributed by atoms with Crippen molar-refractivity contribution >= 4 is 5.97 Å². The molecule has 1 aliphatic carbocycles. The Labute approximate surface area is 193 Å². The molecule has 0 unspecified atom stereocenters. The van der Waals surface area contributed by atoms with Gasteiger partial charge in [0.15, 0.2) is 6.17 Å². The van der Waals surface area contributed by atoms with Crippen molar-refractivity contribution in [1.29, 1.82) is 0 Å². The molecule has 1 atom stereocenters. The first-order valence-electron chi connectivity index (χ1n) is 12.6. The van der Waals surface area contributed by atoms with Crippen LogP contribution in [0.1, 0.15) is 82.8 Å². The number of carbonyl (C=O) groups excluding carboxylic acids is 1. The Morgan fingerprint density at radius 1 is 0.875 bits per heavy atom. The summed E-state index contributed by atoms with van der Waals surface area (Å²) in [6, 6.07) is 17.9. The Hall–Kier alpha value is -2.16. The van der Waals surface area contributed by atoms with Crippen molar-refractivity contribution < 1.29 is 13.9 Å². The molecule has 1 aliphatic rings. The van der Waals surface area contributed by atoms with E-state index >= 15 is 0 Å². The molecule has 0 aromatic heterocycles. The number of rotatable bonds is 11. The van der Waals surface area contributed by atoms with Crippen LogP contribution in [0, 0.1) is 5.92 Å². The molecule has 2 nitrogen and oxygen atoms in total. The van der Waals surface area contributed by atoms with Crippen LogP contribution in [-0.2, 0) is 22.4 Å². The van der Waals surface area contributed by atoms with Gasteiger partial charge in [-0.15, -0.1) is 0 Å². The maximum Gasteiger partial charge on any atom is 0.340 e. The Balaban J connectivity index is 1.39. The number of alkyl halides is 1. The van der Waals surface area contributed by atoms with E-state index in [0.29, 0.717) is 5.92 Å². The molecule has 2 aromatic carbocycles. The molecule has 0 bridgehead atoms. The summed E-state index contributed by atoms with van der Waals surface area (Å²) in [5.41, 5.74) is 5.32. The van der Waals surface area contributed by atoms with Gasteiger partial charge in [-0.05, 0) is 79.5 Å². The number of benzene rings is 2. The summed E-state index contributed by atoms with van der Waals surface area (Å²) >= 11 is 0. The van der Waals surface area contributed by atoms with Gasteiger partial charge in [0.2, 0.25) is 0 Å². The van der Waals surface area contributed by atoms with Crippen molar-refractivity contribution in [1.82, 2.24) is 0 Å². The Morgan fingerprint density at radius 3 is 1.97 bits per heavy atom. The third kappa shape index (κ3) is 7.46. The monoisotopic (exact) mass is 438 g/mol. The summed E-state index contributed by atoms with van der Waals surface area (Å²) < 4.78 is 19.3. The number of ether oxygens (including phenoxy) is 1. The summed E-state index contributed by atoms with van der Waals surface area (Å²) in [6.45, 7) is 4.21. The fourth-order valence-electron chi connectivity index (χ4n) is 4.66. The summed E-state index contributed by atoms with van der Waals surface area (Å²) in [5, 5.41) is 0. The fourth-order valence-corrected chi connectivity index (χ4v) is 4.66. The molecule has 0 amide bonds. The first-order valence-corrected chi connectivity index (χ1v) is 12.6. The van der Waals surface area contributed by atoms with Gasteiger partial charge in [0, 0.05) is 0 Å². The largest absolute Gasteiger partial charge is 0.460 e. The maximum absolute atomic E-state index is 13.8. The van der Waals surface area contributed by atoms with Crippen LogP contribution < -0.4 is 0 Å². The summed E-state index contributed by atoms with van der Waals surface area (Å²) in [4.78, 5) is 11.9. The zero-order valence-electron chi connectivity index (χ0n) is 19.8. The molecule has 0 radical (unpaired) electrons. The lowest BCUT2D eigenvalue weighted by Gasteiger charge is -2.28. The van der Waals surface area contributed by atoms with Crippen molar-refractivity contribution in [2.24, 2.45) is 5.92 Å². The van der Waals surface area contributed by atoms with E-state index in [0.717, 1.165) is 57.8 Å². The van der Waals surface area contributed by atoms with Crippen molar-refractivity contribution in [3.05, 3.63) is 59.7 Å². The average Bonchev–Trinajstić information content (AvgIpc) is 2.83. The van der Waals surface area contributed by atoms with Crippen molar-refractivity contribution in [2.75, 3.05) is 0 Å². The van der Waals surface area contributed by atoms with Crippen LogP contribution in [0.5, 0.6) is 0 Å². The zero-order chi connectivity index (χ0) is 22.8. The minimum atomic E-state index is -1.45. The zero-order valence-corrected chi connectivity index (χ0v) is 19.8. The SMILES string of the molecule is CCCC[C@H](F)C(=O)O[C@H]1CC[C@H](CCc2ccc(-c3ccc(CCC)cc3)cc2)CC1. The van der Waals surface area contributed by atoms with Gasteiger partial charge in [-0.25, -0.2) is 9.18 Å². The number of unbranched alkanes of at least 4 members (excludes halogenated alkanes) is 1. The molecule has 1 fully saturated rings. The lowest BCUT2D eigenvalue weighted by molar-refractivity contribution is -0.157. The van der Waals surface area contributed by atoms with E-state index in [9.17, 15) is 9.18 Å². The molecule has 3 rings (SSSR count). The fraction of sp³-hybridized carbons (Fsp3) is 0.552. The van der Waals surface area contributed by atoms with Crippen molar-refractivity contribution in [3.63, 3.8) is 0 Å². The van der Waals surface area contributed by atoms with Gasteiger partial charge in [-0.1, -0.05) is 81.6 Å². The number of halogens is 1. The van der Waals surface area contributed by atoms with Gasteiger partial charge < -0.3 is 4.74 Å². The first-order chi connectivity index (χ1) is 15.6. The molecule has 32 heavy (non-hydrogen) atoms. The number of hydrogen-bond donors (Lipinski definition) is 0. The second-order valence-corrected chi connectivity index (χ2v) is 9.37. The Bertz CT molecular complexity index is 804. The van der Waals surface area contributed by atoms with Crippen LogP contribution in [-0.4, -0.2) is 18.2 Å². The topological polar surface area (TPSA) is 26.3 Å². The predicted octanol–water partition coefficient (Wildman–Crippen LogP) is 7.87. The van der Waals surface area contributed by atoms with Gasteiger partial charge in [-0.3, -0.25) is 0 Å². The van der Waals surface area contributed by atoms with E-state index < -0.39 is 12.1 Å². The van der Waals surface area contributed by atoms with E-state index in [1.807, 2.05) is 6.92 Å².